The van der Waals surface area contributed by atoms with Crippen molar-refractivity contribution in [2.24, 2.45) is 0 Å². The van der Waals surface area contributed by atoms with Crippen LogP contribution in [-0.4, -0.2) is 28.6 Å². The summed E-state index contributed by atoms with van der Waals surface area (Å²) in [5.74, 6) is 1.05. The molecule has 0 aliphatic rings. The zero-order valence-corrected chi connectivity index (χ0v) is 15.8. The number of para-hydroxylation sites is 1. The Bertz CT molecular complexity index is 907. The van der Waals surface area contributed by atoms with Gasteiger partial charge in [-0.1, -0.05) is 24.3 Å². The van der Waals surface area contributed by atoms with E-state index in [4.69, 9.17) is 4.74 Å². The smallest absolute Gasteiger partial charge is 0.234 e. The second-order valence-electron chi connectivity index (χ2n) is 5.81. The number of benzene rings is 2. The molecule has 1 N–H and O–H groups in total. The Hall–Kier alpha value is -2.73. The number of rotatable bonds is 6. The minimum absolute atomic E-state index is 0.0587. The first-order chi connectivity index (χ1) is 12.6. The number of amides is 1. The molecule has 5 nitrogen and oxygen atoms in total. The molecule has 0 bridgehead atoms. The van der Waals surface area contributed by atoms with E-state index in [1.54, 1.807) is 7.11 Å². The van der Waals surface area contributed by atoms with E-state index in [9.17, 15) is 4.79 Å². The zero-order valence-electron chi connectivity index (χ0n) is 15.0. The number of hydrogen-bond donors (Lipinski definition) is 1. The third-order valence-electron chi connectivity index (χ3n) is 3.97. The van der Waals surface area contributed by atoms with Crippen molar-refractivity contribution in [2.45, 2.75) is 18.7 Å². The highest BCUT2D eigenvalue weighted by Gasteiger charge is 2.15. The largest absolute Gasteiger partial charge is 0.497 e. The minimum atomic E-state index is -0.0587. The minimum Gasteiger partial charge on any atom is -0.497 e. The molecule has 0 aliphatic carbocycles. The normalized spacial score (nSPS) is 10.6. The van der Waals surface area contributed by atoms with Crippen molar-refractivity contribution in [3.63, 3.8) is 0 Å². The number of methoxy groups -OCH3 is 1. The van der Waals surface area contributed by atoms with Crippen LogP contribution in [0.5, 0.6) is 5.75 Å². The lowest BCUT2D eigenvalue weighted by Crippen LogP contribution is -2.15. The number of aryl methyl sites for hydroxylation is 1. The molecule has 0 atom stereocenters. The third-order valence-corrected chi connectivity index (χ3v) is 4.96. The second-order valence-corrected chi connectivity index (χ2v) is 6.86. The predicted octanol–water partition coefficient (Wildman–Crippen LogP) is 4.23. The molecule has 134 valence electrons. The third kappa shape index (κ3) is 4.08. The van der Waals surface area contributed by atoms with Crippen molar-refractivity contribution in [2.75, 3.05) is 18.2 Å². The highest BCUT2D eigenvalue weighted by Crippen LogP contribution is 2.25. The van der Waals surface area contributed by atoms with Crippen LogP contribution in [-0.2, 0) is 4.79 Å². The standard InChI is InChI=1S/C20H21N3O2S/c1-14-20(15(2)23(22-14)16-8-5-4-6-9-16)21-19(24)13-26-18-11-7-10-17(12-18)25-3/h4-12H,13H2,1-3H3,(H,21,24). The fourth-order valence-electron chi connectivity index (χ4n) is 2.66. The summed E-state index contributed by atoms with van der Waals surface area (Å²) in [4.78, 5) is 13.4. The fraction of sp³-hybridized carbons (Fsp3) is 0.200. The fourth-order valence-corrected chi connectivity index (χ4v) is 3.40. The monoisotopic (exact) mass is 367 g/mol. The van der Waals surface area contributed by atoms with Gasteiger partial charge in [0, 0.05) is 4.90 Å². The van der Waals surface area contributed by atoms with Gasteiger partial charge in [-0.2, -0.15) is 5.10 Å². The van der Waals surface area contributed by atoms with E-state index in [2.05, 4.69) is 10.4 Å². The Morgan fingerprint density at radius 1 is 1.15 bits per heavy atom. The Balaban J connectivity index is 1.69. The molecular formula is C20H21N3O2S. The highest BCUT2D eigenvalue weighted by atomic mass is 32.2. The molecule has 6 heteroatoms. The van der Waals surface area contributed by atoms with Crippen LogP contribution in [0.15, 0.2) is 59.5 Å². The first kappa shape index (κ1) is 18.1. The molecule has 1 amide bonds. The first-order valence-electron chi connectivity index (χ1n) is 8.27. The van der Waals surface area contributed by atoms with Crippen molar-refractivity contribution in [1.82, 2.24) is 9.78 Å². The van der Waals surface area contributed by atoms with Gasteiger partial charge in [0.05, 0.1) is 35.6 Å². The van der Waals surface area contributed by atoms with Crippen LogP contribution in [0, 0.1) is 13.8 Å². The van der Waals surface area contributed by atoms with Crippen molar-refractivity contribution < 1.29 is 9.53 Å². The van der Waals surface area contributed by atoms with Crippen LogP contribution in [0.2, 0.25) is 0 Å². The predicted molar refractivity (Wildman–Crippen MR) is 105 cm³/mol. The number of ether oxygens (including phenoxy) is 1. The SMILES string of the molecule is COc1cccc(SCC(=O)Nc2c(C)nn(-c3ccccc3)c2C)c1. The van der Waals surface area contributed by atoms with Crippen LogP contribution in [0.25, 0.3) is 5.69 Å². The molecular weight excluding hydrogens is 346 g/mol. The number of nitrogens with one attached hydrogen (secondary N) is 1. The van der Waals surface area contributed by atoms with Gasteiger partial charge in [0.1, 0.15) is 5.75 Å². The van der Waals surface area contributed by atoms with E-state index in [1.807, 2.05) is 73.1 Å². The number of thioether (sulfide) groups is 1. The van der Waals surface area contributed by atoms with E-state index in [0.29, 0.717) is 5.75 Å². The van der Waals surface area contributed by atoms with E-state index < -0.39 is 0 Å². The van der Waals surface area contributed by atoms with E-state index in [1.165, 1.54) is 11.8 Å². The van der Waals surface area contributed by atoms with Crippen LogP contribution < -0.4 is 10.1 Å². The summed E-state index contributed by atoms with van der Waals surface area (Å²) in [6.45, 7) is 3.86. The lowest BCUT2D eigenvalue weighted by Gasteiger charge is -2.08. The molecule has 1 heterocycles. The molecule has 1 aromatic heterocycles. The summed E-state index contributed by atoms with van der Waals surface area (Å²) in [5.41, 5.74) is 3.45. The Morgan fingerprint density at radius 2 is 1.92 bits per heavy atom. The molecule has 0 aliphatic heterocycles. The van der Waals surface area contributed by atoms with Gasteiger partial charge in [0.15, 0.2) is 0 Å². The van der Waals surface area contributed by atoms with Crippen molar-refractivity contribution >= 4 is 23.4 Å². The summed E-state index contributed by atoms with van der Waals surface area (Å²) in [5, 5.41) is 7.55. The van der Waals surface area contributed by atoms with Crippen LogP contribution in [0.1, 0.15) is 11.4 Å². The first-order valence-corrected chi connectivity index (χ1v) is 9.25. The number of carbonyl (C=O) groups excluding carboxylic acids is 1. The average molecular weight is 367 g/mol. The molecule has 2 aromatic carbocycles. The molecule has 3 aromatic rings. The maximum Gasteiger partial charge on any atom is 0.234 e. The molecule has 26 heavy (non-hydrogen) atoms. The van der Waals surface area contributed by atoms with E-state index in [-0.39, 0.29) is 5.91 Å². The maximum atomic E-state index is 12.4. The summed E-state index contributed by atoms with van der Waals surface area (Å²) in [6.07, 6.45) is 0. The summed E-state index contributed by atoms with van der Waals surface area (Å²) < 4.78 is 7.06. The van der Waals surface area contributed by atoms with Gasteiger partial charge in [-0.05, 0) is 44.2 Å². The Labute approximate surface area is 157 Å². The van der Waals surface area contributed by atoms with Gasteiger partial charge in [0.25, 0.3) is 0 Å². The molecule has 0 unspecified atom stereocenters. The van der Waals surface area contributed by atoms with Crippen molar-refractivity contribution in [1.29, 1.82) is 0 Å². The number of nitrogens with zero attached hydrogens (tertiary/aromatic N) is 2. The van der Waals surface area contributed by atoms with Gasteiger partial charge in [-0.25, -0.2) is 4.68 Å². The Morgan fingerprint density at radius 3 is 2.65 bits per heavy atom. The topological polar surface area (TPSA) is 56.1 Å². The summed E-state index contributed by atoms with van der Waals surface area (Å²) in [6, 6.07) is 17.6. The van der Waals surface area contributed by atoms with Crippen LogP contribution in [0.3, 0.4) is 0 Å². The van der Waals surface area contributed by atoms with Gasteiger partial charge in [0.2, 0.25) is 5.91 Å². The summed E-state index contributed by atoms with van der Waals surface area (Å²) in [7, 11) is 1.63. The van der Waals surface area contributed by atoms with Crippen LogP contribution in [0.4, 0.5) is 5.69 Å². The van der Waals surface area contributed by atoms with E-state index in [0.717, 1.165) is 33.4 Å². The number of anilines is 1. The van der Waals surface area contributed by atoms with Gasteiger partial charge in [-0.3, -0.25) is 4.79 Å². The van der Waals surface area contributed by atoms with Gasteiger partial charge < -0.3 is 10.1 Å². The summed E-state index contributed by atoms with van der Waals surface area (Å²) >= 11 is 1.47. The maximum absolute atomic E-state index is 12.4. The molecule has 0 spiro atoms. The van der Waals surface area contributed by atoms with Crippen molar-refractivity contribution in [3.05, 3.63) is 66.0 Å². The molecule has 3 rings (SSSR count). The molecule has 0 saturated carbocycles. The molecule has 0 fully saturated rings. The van der Waals surface area contributed by atoms with Crippen LogP contribution >= 0.6 is 11.8 Å². The lowest BCUT2D eigenvalue weighted by molar-refractivity contribution is -0.113. The second kappa shape index (κ2) is 8.10. The highest BCUT2D eigenvalue weighted by molar-refractivity contribution is 8.00. The zero-order chi connectivity index (χ0) is 18.5. The van der Waals surface area contributed by atoms with Crippen molar-refractivity contribution in [3.8, 4) is 11.4 Å². The number of aromatic nitrogens is 2. The quantitative estimate of drug-likeness (QED) is 0.663. The molecule has 0 radical (unpaired) electrons. The van der Waals surface area contributed by atoms with Gasteiger partial charge in [-0.15, -0.1) is 11.8 Å². The average Bonchev–Trinajstić information content (AvgIpc) is 2.95. The Kier molecular flexibility index (Phi) is 5.63. The van der Waals surface area contributed by atoms with Gasteiger partial charge >= 0.3 is 0 Å². The van der Waals surface area contributed by atoms with E-state index >= 15 is 0 Å². The molecule has 0 saturated heterocycles. The number of hydrogen-bond acceptors (Lipinski definition) is 4. The number of carbonyl (C=O) groups is 1. The lowest BCUT2D eigenvalue weighted by atomic mass is 10.3.